The molecule has 3 rings (SSSR count). The number of halogens is 1. The van der Waals surface area contributed by atoms with Crippen LogP contribution in [-0.2, 0) is 4.74 Å². The van der Waals surface area contributed by atoms with Crippen molar-refractivity contribution in [2.24, 2.45) is 0 Å². The first kappa shape index (κ1) is 12.7. The molecule has 1 N–H and O–H groups in total. The topological polar surface area (TPSA) is 34.2 Å². The zero-order chi connectivity index (χ0) is 13.1. The van der Waals surface area contributed by atoms with Gasteiger partial charge in [0.1, 0.15) is 0 Å². The molecule has 1 fully saturated rings. The van der Waals surface area contributed by atoms with Crippen molar-refractivity contribution in [1.29, 1.82) is 0 Å². The Labute approximate surface area is 117 Å². The number of pyridine rings is 1. The first-order valence-corrected chi connectivity index (χ1v) is 7.12. The highest BCUT2D eigenvalue weighted by molar-refractivity contribution is 6.19. The zero-order valence-electron chi connectivity index (χ0n) is 10.7. The van der Waals surface area contributed by atoms with Gasteiger partial charge in [0.25, 0.3) is 0 Å². The van der Waals surface area contributed by atoms with Crippen molar-refractivity contribution in [3.05, 3.63) is 36.5 Å². The van der Waals surface area contributed by atoms with Gasteiger partial charge in [-0.3, -0.25) is 4.98 Å². The van der Waals surface area contributed by atoms with Crippen LogP contribution in [0.3, 0.4) is 0 Å². The molecular weight excluding hydrogens is 260 g/mol. The van der Waals surface area contributed by atoms with Crippen molar-refractivity contribution < 1.29 is 4.74 Å². The standard InChI is InChI=1S/C15H17ClN2O/c16-11-15(6-9-19-10-7-15)18-14-5-8-17-13-4-2-1-3-12(13)14/h1-5,8H,6-7,9-11H2,(H,17,18). The van der Waals surface area contributed by atoms with Gasteiger partial charge in [0.15, 0.2) is 0 Å². The summed E-state index contributed by atoms with van der Waals surface area (Å²) in [6.45, 7) is 1.53. The molecule has 1 aromatic carbocycles. The Balaban J connectivity index is 1.96. The van der Waals surface area contributed by atoms with Crippen LogP contribution in [-0.4, -0.2) is 29.6 Å². The largest absolute Gasteiger partial charge is 0.381 e. The van der Waals surface area contributed by atoms with E-state index in [1.165, 1.54) is 0 Å². The Hall–Kier alpha value is -1.32. The number of anilines is 1. The third-order valence-corrected chi connectivity index (χ3v) is 4.27. The summed E-state index contributed by atoms with van der Waals surface area (Å²) in [6, 6.07) is 10.2. The molecule has 1 aliphatic heterocycles. The van der Waals surface area contributed by atoms with Gasteiger partial charge in [-0.1, -0.05) is 18.2 Å². The van der Waals surface area contributed by atoms with E-state index < -0.39 is 0 Å². The van der Waals surface area contributed by atoms with Gasteiger partial charge in [0.05, 0.1) is 11.1 Å². The molecule has 0 unspecified atom stereocenters. The van der Waals surface area contributed by atoms with Crippen molar-refractivity contribution in [3.63, 3.8) is 0 Å². The van der Waals surface area contributed by atoms with Crippen LogP contribution in [0.5, 0.6) is 0 Å². The molecule has 100 valence electrons. The highest BCUT2D eigenvalue weighted by Gasteiger charge is 2.31. The van der Waals surface area contributed by atoms with Crippen molar-refractivity contribution >= 4 is 28.2 Å². The maximum Gasteiger partial charge on any atom is 0.0722 e. The summed E-state index contributed by atoms with van der Waals surface area (Å²) >= 11 is 6.20. The predicted octanol–water partition coefficient (Wildman–Crippen LogP) is 3.43. The summed E-state index contributed by atoms with van der Waals surface area (Å²) < 4.78 is 5.44. The zero-order valence-corrected chi connectivity index (χ0v) is 11.5. The van der Waals surface area contributed by atoms with Crippen molar-refractivity contribution in [2.75, 3.05) is 24.4 Å². The average molecular weight is 277 g/mol. The Bertz CT molecular complexity index is 562. The quantitative estimate of drug-likeness (QED) is 0.872. The second kappa shape index (κ2) is 5.35. The molecule has 3 nitrogen and oxygen atoms in total. The van der Waals surface area contributed by atoms with E-state index in [0.717, 1.165) is 42.6 Å². The van der Waals surface area contributed by atoms with Crippen LogP contribution in [0.2, 0.25) is 0 Å². The van der Waals surface area contributed by atoms with E-state index in [9.17, 15) is 0 Å². The van der Waals surface area contributed by atoms with Crippen molar-refractivity contribution in [2.45, 2.75) is 18.4 Å². The fraction of sp³-hybridized carbons (Fsp3) is 0.400. The molecule has 0 atom stereocenters. The first-order valence-electron chi connectivity index (χ1n) is 6.59. The van der Waals surface area contributed by atoms with Crippen LogP contribution < -0.4 is 5.32 Å². The molecular formula is C15H17ClN2O. The molecule has 0 bridgehead atoms. The number of nitrogens with one attached hydrogen (secondary N) is 1. The van der Waals surface area contributed by atoms with Crippen LogP contribution >= 0.6 is 11.6 Å². The Morgan fingerprint density at radius 2 is 2.00 bits per heavy atom. The van der Waals surface area contributed by atoms with Crippen LogP contribution in [0, 0.1) is 0 Å². The molecule has 4 heteroatoms. The number of benzene rings is 1. The summed E-state index contributed by atoms with van der Waals surface area (Å²) in [4.78, 5) is 4.39. The lowest BCUT2D eigenvalue weighted by Crippen LogP contribution is -2.45. The fourth-order valence-electron chi connectivity index (χ4n) is 2.54. The summed E-state index contributed by atoms with van der Waals surface area (Å²) in [6.07, 6.45) is 3.71. The second-order valence-electron chi connectivity index (χ2n) is 5.03. The van der Waals surface area contributed by atoms with Crippen LogP contribution in [0.25, 0.3) is 10.9 Å². The van der Waals surface area contributed by atoms with E-state index in [1.807, 2.05) is 30.5 Å². The summed E-state index contributed by atoms with van der Waals surface area (Å²) in [5.41, 5.74) is 2.04. The Morgan fingerprint density at radius 1 is 1.21 bits per heavy atom. The molecule has 0 saturated carbocycles. The minimum absolute atomic E-state index is 0.0655. The average Bonchev–Trinajstić information content (AvgIpc) is 2.49. The molecule has 2 aromatic rings. The van der Waals surface area contributed by atoms with Gasteiger partial charge in [-0.2, -0.15) is 0 Å². The molecule has 1 saturated heterocycles. The minimum atomic E-state index is -0.0655. The predicted molar refractivity (Wildman–Crippen MR) is 78.9 cm³/mol. The number of alkyl halides is 1. The minimum Gasteiger partial charge on any atom is -0.381 e. The second-order valence-corrected chi connectivity index (χ2v) is 5.29. The monoisotopic (exact) mass is 276 g/mol. The van der Waals surface area contributed by atoms with E-state index in [0.29, 0.717) is 5.88 Å². The normalized spacial score (nSPS) is 18.4. The summed E-state index contributed by atoms with van der Waals surface area (Å²) in [5.74, 6) is 0.590. The maximum atomic E-state index is 6.20. The molecule has 0 aliphatic carbocycles. The molecule has 2 heterocycles. The van der Waals surface area contributed by atoms with Gasteiger partial charge in [0, 0.05) is 36.4 Å². The number of hydrogen-bond donors (Lipinski definition) is 1. The highest BCUT2D eigenvalue weighted by Crippen LogP contribution is 2.30. The van der Waals surface area contributed by atoms with E-state index >= 15 is 0 Å². The SMILES string of the molecule is ClCC1(Nc2ccnc3ccccc23)CCOCC1. The van der Waals surface area contributed by atoms with Gasteiger partial charge in [-0.05, 0) is 25.0 Å². The van der Waals surface area contributed by atoms with E-state index in [2.05, 4.69) is 16.4 Å². The molecule has 1 aliphatic rings. The van der Waals surface area contributed by atoms with Gasteiger partial charge in [-0.15, -0.1) is 11.6 Å². The van der Waals surface area contributed by atoms with Crippen molar-refractivity contribution in [1.82, 2.24) is 4.98 Å². The summed E-state index contributed by atoms with van der Waals surface area (Å²) in [5, 5.41) is 4.77. The molecule has 0 spiro atoms. The molecule has 1 aromatic heterocycles. The van der Waals surface area contributed by atoms with Crippen LogP contribution in [0.15, 0.2) is 36.5 Å². The third-order valence-electron chi connectivity index (χ3n) is 3.75. The molecule has 19 heavy (non-hydrogen) atoms. The number of fused-ring (bicyclic) bond motifs is 1. The number of rotatable bonds is 3. The van der Waals surface area contributed by atoms with Crippen LogP contribution in [0.4, 0.5) is 5.69 Å². The number of aromatic nitrogens is 1. The number of para-hydroxylation sites is 1. The maximum absolute atomic E-state index is 6.20. The van der Waals surface area contributed by atoms with E-state index in [-0.39, 0.29) is 5.54 Å². The first-order chi connectivity index (χ1) is 9.33. The van der Waals surface area contributed by atoms with Gasteiger partial charge in [-0.25, -0.2) is 0 Å². The van der Waals surface area contributed by atoms with Gasteiger partial charge < -0.3 is 10.1 Å². The lowest BCUT2D eigenvalue weighted by atomic mass is 9.91. The lowest BCUT2D eigenvalue weighted by Gasteiger charge is -2.37. The number of ether oxygens (including phenoxy) is 1. The number of hydrogen-bond acceptors (Lipinski definition) is 3. The van der Waals surface area contributed by atoms with Crippen LogP contribution in [0.1, 0.15) is 12.8 Å². The lowest BCUT2D eigenvalue weighted by molar-refractivity contribution is 0.0668. The Morgan fingerprint density at radius 3 is 2.79 bits per heavy atom. The van der Waals surface area contributed by atoms with E-state index in [1.54, 1.807) is 0 Å². The molecule has 0 amide bonds. The molecule has 0 radical (unpaired) electrons. The number of nitrogens with zero attached hydrogens (tertiary/aromatic N) is 1. The highest BCUT2D eigenvalue weighted by atomic mass is 35.5. The summed E-state index contributed by atoms with van der Waals surface area (Å²) in [7, 11) is 0. The Kier molecular flexibility index (Phi) is 3.58. The third kappa shape index (κ3) is 2.53. The fourth-order valence-corrected chi connectivity index (χ4v) is 2.88. The van der Waals surface area contributed by atoms with E-state index in [4.69, 9.17) is 16.3 Å². The van der Waals surface area contributed by atoms with Crippen molar-refractivity contribution in [3.8, 4) is 0 Å². The van der Waals surface area contributed by atoms with Gasteiger partial charge >= 0.3 is 0 Å². The smallest absolute Gasteiger partial charge is 0.0722 e. The van der Waals surface area contributed by atoms with Gasteiger partial charge in [0.2, 0.25) is 0 Å².